The lowest BCUT2D eigenvalue weighted by atomic mass is 10.3. The Morgan fingerprint density at radius 2 is 2.17 bits per heavy atom. The van der Waals surface area contributed by atoms with Crippen molar-refractivity contribution in [1.82, 2.24) is 0 Å². The lowest BCUT2D eigenvalue weighted by molar-refractivity contribution is -0.115. The predicted octanol–water partition coefficient (Wildman–Crippen LogP) is 2.14. The quantitative estimate of drug-likeness (QED) is 0.710. The number of ether oxygens (including phenoxy) is 1. The second-order valence-electron chi connectivity index (χ2n) is 3.69. The number of benzene rings is 1. The fourth-order valence-corrected chi connectivity index (χ4v) is 2.26. The van der Waals surface area contributed by atoms with Gasteiger partial charge in [0.25, 0.3) is 0 Å². The van der Waals surface area contributed by atoms with Gasteiger partial charge in [-0.2, -0.15) is 11.8 Å². The number of aliphatic hydroxyl groups excluding tert-OH is 1. The minimum absolute atomic E-state index is 0.0176. The molecule has 1 aromatic rings. The van der Waals surface area contributed by atoms with E-state index in [0.29, 0.717) is 17.9 Å². The molecule has 5 heteroatoms. The van der Waals surface area contributed by atoms with Gasteiger partial charge in [0.1, 0.15) is 5.75 Å². The lowest BCUT2D eigenvalue weighted by Crippen LogP contribution is -2.13. The fraction of sp³-hybridized carbons (Fsp3) is 0.462. The number of hydrogen-bond acceptors (Lipinski definition) is 4. The van der Waals surface area contributed by atoms with Crippen LogP contribution in [0.25, 0.3) is 0 Å². The first kappa shape index (κ1) is 14.9. The summed E-state index contributed by atoms with van der Waals surface area (Å²) < 4.78 is 5.16. The van der Waals surface area contributed by atoms with Crippen LogP contribution in [-0.4, -0.2) is 36.2 Å². The zero-order valence-electron chi connectivity index (χ0n) is 10.5. The zero-order valence-corrected chi connectivity index (χ0v) is 11.3. The molecular weight excluding hydrogens is 250 g/mol. The molecule has 0 aliphatic heterocycles. The number of anilines is 1. The average molecular weight is 269 g/mol. The lowest BCUT2D eigenvalue weighted by Gasteiger charge is -2.09. The van der Waals surface area contributed by atoms with Crippen molar-refractivity contribution in [3.8, 4) is 5.75 Å². The van der Waals surface area contributed by atoms with Gasteiger partial charge in [0.2, 0.25) is 5.91 Å². The summed E-state index contributed by atoms with van der Waals surface area (Å²) in [6.07, 6.45) is 1.24. The maximum absolute atomic E-state index is 11.7. The van der Waals surface area contributed by atoms with Gasteiger partial charge in [-0.3, -0.25) is 4.79 Å². The zero-order chi connectivity index (χ0) is 13.2. The van der Waals surface area contributed by atoms with Crippen LogP contribution in [0.5, 0.6) is 5.75 Å². The summed E-state index contributed by atoms with van der Waals surface area (Å²) in [4.78, 5) is 11.7. The van der Waals surface area contributed by atoms with E-state index in [1.807, 2.05) is 24.3 Å². The van der Waals surface area contributed by atoms with E-state index in [9.17, 15) is 4.79 Å². The molecule has 18 heavy (non-hydrogen) atoms. The Labute approximate surface area is 112 Å². The first-order valence-electron chi connectivity index (χ1n) is 5.89. The number of para-hydroxylation sites is 2. The smallest absolute Gasteiger partial charge is 0.225 e. The number of methoxy groups -OCH3 is 1. The fourth-order valence-electron chi connectivity index (χ4n) is 1.39. The number of carbonyl (C=O) groups excluding carboxylic acids is 1. The first-order chi connectivity index (χ1) is 8.77. The van der Waals surface area contributed by atoms with Gasteiger partial charge in [-0.25, -0.2) is 0 Å². The molecule has 0 aliphatic carbocycles. The van der Waals surface area contributed by atoms with Crippen LogP contribution in [0.1, 0.15) is 12.8 Å². The van der Waals surface area contributed by atoms with Crippen molar-refractivity contribution in [1.29, 1.82) is 0 Å². The van der Waals surface area contributed by atoms with Crippen LogP contribution in [0, 0.1) is 0 Å². The Kier molecular flexibility index (Phi) is 7.29. The van der Waals surface area contributed by atoms with E-state index in [1.54, 1.807) is 18.9 Å². The minimum atomic E-state index is -0.0176. The Balaban J connectivity index is 2.31. The third kappa shape index (κ3) is 5.42. The van der Waals surface area contributed by atoms with Crippen LogP contribution < -0.4 is 10.1 Å². The second-order valence-corrected chi connectivity index (χ2v) is 4.91. The molecule has 100 valence electrons. The third-order valence-corrected chi connectivity index (χ3v) is 3.37. The average Bonchev–Trinajstić information content (AvgIpc) is 2.39. The number of rotatable bonds is 8. The third-order valence-electron chi connectivity index (χ3n) is 2.30. The van der Waals surface area contributed by atoms with Crippen molar-refractivity contribution >= 4 is 23.4 Å². The summed E-state index contributed by atoms with van der Waals surface area (Å²) in [5.41, 5.74) is 0.699. The molecule has 0 radical (unpaired) electrons. The van der Waals surface area contributed by atoms with Crippen molar-refractivity contribution in [2.75, 3.05) is 30.5 Å². The van der Waals surface area contributed by atoms with E-state index >= 15 is 0 Å². The van der Waals surface area contributed by atoms with Gasteiger partial charge in [-0.1, -0.05) is 12.1 Å². The Morgan fingerprint density at radius 3 is 2.89 bits per heavy atom. The molecule has 0 saturated heterocycles. The van der Waals surface area contributed by atoms with Gasteiger partial charge in [0.15, 0.2) is 0 Å². The highest BCUT2D eigenvalue weighted by atomic mass is 32.2. The number of aliphatic hydroxyl groups is 1. The van der Waals surface area contributed by atoms with Crippen molar-refractivity contribution < 1.29 is 14.6 Å². The van der Waals surface area contributed by atoms with Crippen molar-refractivity contribution in [2.45, 2.75) is 12.8 Å². The molecule has 4 nitrogen and oxygen atoms in total. The van der Waals surface area contributed by atoms with Crippen molar-refractivity contribution in [3.05, 3.63) is 24.3 Å². The maximum atomic E-state index is 11.7. The van der Waals surface area contributed by atoms with E-state index in [4.69, 9.17) is 9.84 Å². The van der Waals surface area contributed by atoms with E-state index in [0.717, 1.165) is 17.9 Å². The van der Waals surface area contributed by atoms with Gasteiger partial charge < -0.3 is 15.2 Å². The SMILES string of the molecule is COc1ccccc1NC(=O)CCSCCCO. The van der Waals surface area contributed by atoms with Gasteiger partial charge in [0.05, 0.1) is 12.8 Å². The molecule has 0 unspecified atom stereocenters. The van der Waals surface area contributed by atoms with Crippen LogP contribution >= 0.6 is 11.8 Å². The van der Waals surface area contributed by atoms with Crippen LogP contribution in [0.4, 0.5) is 5.69 Å². The Bertz CT molecular complexity index is 371. The van der Waals surface area contributed by atoms with Crippen LogP contribution in [0.15, 0.2) is 24.3 Å². The number of carbonyl (C=O) groups is 1. The number of amides is 1. The standard InChI is InChI=1S/C13H19NO3S/c1-17-12-6-3-2-5-11(12)14-13(16)7-10-18-9-4-8-15/h2-3,5-6,15H,4,7-10H2,1H3,(H,14,16). The summed E-state index contributed by atoms with van der Waals surface area (Å²) >= 11 is 1.67. The van der Waals surface area contributed by atoms with Crippen molar-refractivity contribution in [2.24, 2.45) is 0 Å². The van der Waals surface area contributed by atoms with Gasteiger partial charge >= 0.3 is 0 Å². The largest absolute Gasteiger partial charge is 0.495 e. The molecule has 0 bridgehead atoms. The number of thioether (sulfide) groups is 1. The molecule has 1 aromatic carbocycles. The molecule has 0 heterocycles. The van der Waals surface area contributed by atoms with Crippen LogP contribution in [0.2, 0.25) is 0 Å². The van der Waals surface area contributed by atoms with Crippen molar-refractivity contribution in [3.63, 3.8) is 0 Å². The summed E-state index contributed by atoms with van der Waals surface area (Å²) in [5.74, 6) is 2.30. The van der Waals surface area contributed by atoms with Crippen LogP contribution in [0.3, 0.4) is 0 Å². The monoisotopic (exact) mass is 269 g/mol. The normalized spacial score (nSPS) is 10.1. The molecule has 1 amide bonds. The second kappa shape index (κ2) is 8.83. The van der Waals surface area contributed by atoms with E-state index in [1.165, 1.54) is 0 Å². The van der Waals surface area contributed by atoms with E-state index in [-0.39, 0.29) is 12.5 Å². The summed E-state index contributed by atoms with van der Waals surface area (Å²) in [6, 6.07) is 7.34. The highest BCUT2D eigenvalue weighted by Crippen LogP contribution is 2.23. The molecule has 0 aromatic heterocycles. The molecular formula is C13H19NO3S. The van der Waals surface area contributed by atoms with Gasteiger partial charge in [-0.05, 0) is 24.3 Å². The molecule has 2 N–H and O–H groups in total. The molecule has 0 fully saturated rings. The molecule has 0 spiro atoms. The number of hydrogen-bond donors (Lipinski definition) is 2. The molecule has 0 aliphatic rings. The number of nitrogens with one attached hydrogen (secondary N) is 1. The Morgan fingerprint density at radius 1 is 1.39 bits per heavy atom. The summed E-state index contributed by atoms with van der Waals surface area (Å²) in [7, 11) is 1.58. The Hall–Kier alpha value is -1.20. The first-order valence-corrected chi connectivity index (χ1v) is 7.05. The molecule has 0 saturated carbocycles. The topological polar surface area (TPSA) is 58.6 Å². The van der Waals surface area contributed by atoms with Gasteiger partial charge in [0, 0.05) is 18.8 Å². The van der Waals surface area contributed by atoms with Crippen LogP contribution in [-0.2, 0) is 4.79 Å². The summed E-state index contributed by atoms with van der Waals surface area (Å²) in [5, 5.41) is 11.4. The highest BCUT2D eigenvalue weighted by Gasteiger charge is 2.06. The van der Waals surface area contributed by atoms with E-state index < -0.39 is 0 Å². The molecule has 1 rings (SSSR count). The summed E-state index contributed by atoms with van der Waals surface area (Å²) in [6.45, 7) is 0.209. The minimum Gasteiger partial charge on any atom is -0.495 e. The predicted molar refractivity (Wildman–Crippen MR) is 75.3 cm³/mol. The molecule has 0 atom stereocenters. The van der Waals surface area contributed by atoms with Gasteiger partial charge in [-0.15, -0.1) is 0 Å². The maximum Gasteiger partial charge on any atom is 0.225 e. The highest BCUT2D eigenvalue weighted by molar-refractivity contribution is 7.99. The van der Waals surface area contributed by atoms with E-state index in [2.05, 4.69) is 5.32 Å².